The predicted octanol–water partition coefficient (Wildman–Crippen LogP) is -0.239. The molecular formula is C11H18N2O3. The van der Waals surface area contributed by atoms with Gasteiger partial charge in [-0.2, -0.15) is 0 Å². The van der Waals surface area contributed by atoms with Crippen molar-refractivity contribution in [2.75, 3.05) is 33.3 Å². The Balaban J connectivity index is 1.97. The van der Waals surface area contributed by atoms with Crippen molar-refractivity contribution in [2.45, 2.75) is 19.3 Å². The molecule has 0 bridgehead atoms. The van der Waals surface area contributed by atoms with Gasteiger partial charge in [0, 0.05) is 13.0 Å². The van der Waals surface area contributed by atoms with Crippen LogP contribution >= 0.6 is 0 Å². The molecule has 0 radical (unpaired) electrons. The lowest BCUT2D eigenvalue weighted by atomic mass is 9.78. The van der Waals surface area contributed by atoms with E-state index in [-0.39, 0.29) is 23.8 Å². The van der Waals surface area contributed by atoms with E-state index in [0.717, 1.165) is 25.9 Å². The topological polar surface area (TPSA) is 58.6 Å². The van der Waals surface area contributed by atoms with Crippen LogP contribution in [0.1, 0.15) is 19.3 Å². The first-order chi connectivity index (χ1) is 7.65. The largest absolute Gasteiger partial charge is 0.468 e. The van der Waals surface area contributed by atoms with Gasteiger partial charge in [0.05, 0.1) is 7.11 Å². The third kappa shape index (κ3) is 2.19. The molecule has 90 valence electrons. The minimum Gasteiger partial charge on any atom is -0.468 e. The molecule has 2 aliphatic rings. The third-order valence-corrected chi connectivity index (χ3v) is 3.62. The average molecular weight is 226 g/mol. The summed E-state index contributed by atoms with van der Waals surface area (Å²) in [6, 6.07) is 0. The number of hydrogen-bond donors (Lipinski definition) is 1. The Morgan fingerprint density at radius 2 is 2.19 bits per heavy atom. The molecule has 0 aromatic heterocycles. The van der Waals surface area contributed by atoms with Gasteiger partial charge < -0.3 is 15.0 Å². The highest BCUT2D eigenvalue weighted by atomic mass is 16.5. The van der Waals surface area contributed by atoms with Gasteiger partial charge in [-0.25, -0.2) is 0 Å². The predicted molar refractivity (Wildman–Crippen MR) is 57.7 cm³/mol. The summed E-state index contributed by atoms with van der Waals surface area (Å²) >= 11 is 0. The number of likely N-dealkylation sites (tertiary alicyclic amines) is 1. The van der Waals surface area contributed by atoms with Crippen LogP contribution < -0.4 is 5.32 Å². The van der Waals surface area contributed by atoms with Crippen LogP contribution in [0.5, 0.6) is 0 Å². The second-order valence-corrected chi connectivity index (χ2v) is 4.75. The van der Waals surface area contributed by atoms with E-state index in [0.29, 0.717) is 13.0 Å². The van der Waals surface area contributed by atoms with Crippen LogP contribution in [0.3, 0.4) is 0 Å². The van der Waals surface area contributed by atoms with E-state index in [1.807, 2.05) is 0 Å². The number of carbonyl (C=O) groups is 2. The van der Waals surface area contributed by atoms with E-state index < -0.39 is 0 Å². The minimum atomic E-state index is -0.334. The van der Waals surface area contributed by atoms with Crippen molar-refractivity contribution in [3.05, 3.63) is 0 Å². The van der Waals surface area contributed by atoms with E-state index in [9.17, 15) is 9.59 Å². The van der Waals surface area contributed by atoms with E-state index >= 15 is 0 Å². The maximum absolute atomic E-state index is 11.8. The van der Waals surface area contributed by atoms with Crippen molar-refractivity contribution in [2.24, 2.45) is 5.41 Å². The number of nitrogens with zero attached hydrogens (tertiary/aromatic N) is 1. The molecule has 5 nitrogen and oxygen atoms in total. The second-order valence-electron chi connectivity index (χ2n) is 4.75. The van der Waals surface area contributed by atoms with Gasteiger partial charge in [0.15, 0.2) is 0 Å². The molecule has 5 heteroatoms. The first-order valence-electron chi connectivity index (χ1n) is 5.71. The molecule has 0 atom stereocenters. The number of esters is 1. The normalized spacial score (nSPS) is 23.8. The van der Waals surface area contributed by atoms with Crippen LogP contribution in [0.2, 0.25) is 0 Å². The molecule has 0 aliphatic carbocycles. The highest BCUT2D eigenvalue weighted by molar-refractivity contribution is 5.84. The summed E-state index contributed by atoms with van der Waals surface area (Å²) in [7, 11) is 1.35. The zero-order chi connectivity index (χ0) is 11.6. The molecule has 2 fully saturated rings. The zero-order valence-electron chi connectivity index (χ0n) is 9.62. The number of ether oxygens (including phenoxy) is 1. The molecule has 2 saturated heterocycles. The number of rotatable bonds is 2. The highest BCUT2D eigenvalue weighted by Gasteiger charge is 2.43. The van der Waals surface area contributed by atoms with Gasteiger partial charge in [-0.05, 0) is 31.3 Å². The number of amides is 1. The van der Waals surface area contributed by atoms with Crippen LogP contribution in [0.4, 0.5) is 0 Å². The molecule has 0 aromatic rings. The van der Waals surface area contributed by atoms with Crippen LogP contribution in [-0.2, 0) is 14.3 Å². The first-order valence-corrected chi connectivity index (χ1v) is 5.71. The fourth-order valence-corrected chi connectivity index (χ4v) is 2.64. The van der Waals surface area contributed by atoms with Crippen molar-refractivity contribution in [3.63, 3.8) is 0 Å². The summed E-state index contributed by atoms with van der Waals surface area (Å²) in [6.07, 6.45) is 2.64. The molecular weight excluding hydrogens is 208 g/mol. The fourth-order valence-electron chi connectivity index (χ4n) is 2.64. The number of hydrogen-bond acceptors (Lipinski definition) is 4. The van der Waals surface area contributed by atoms with E-state index in [1.165, 1.54) is 7.11 Å². The van der Waals surface area contributed by atoms with Crippen molar-refractivity contribution >= 4 is 11.9 Å². The maximum atomic E-state index is 11.8. The smallest absolute Gasteiger partial charge is 0.325 e. The fraction of sp³-hybridized carbons (Fsp3) is 0.818. The van der Waals surface area contributed by atoms with Gasteiger partial charge in [-0.15, -0.1) is 0 Å². The van der Waals surface area contributed by atoms with Crippen LogP contribution in [0.25, 0.3) is 0 Å². The number of carbonyl (C=O) groups excluding carboxylic acids is 2. The SMILES string of the molecule is COC(=O)CN1CC2(CCNCC2)CC1=O. The van der Waals surface area contributed by atoms with Crippen molar-refractivity contribution in [3.8, 4) is 0 Å². The average Bonchev–Trinajstić information content (AvgIpc) is 2.56. The lowest BCUT2D eigenvalue weighted by Gasteiger charge is -2.32. The van der Waals surface area contributed by atoms with Crippen LogP contribution in [0, 0.1) is 5.41 Å². The molecule has 2 rings (SSSR count). The highest BCUT2D eigenvalue weighted by Crippen LogP contribution is 2.39. The second kappa shape index (κ2) is 4.41. The number of nitrogens with one attached hydrogen (secondary N) is 1. The van der Waals surface area contributed by atoms with E-state index in [1.54, 1.807) is 4.90 Å². The van der Waals surface area contributed by atoms with Gasteiger partial charge >= 0.3 is 5.97 Å². The lowest BCUT2D eigenvalue weighted by Crippen LogP contribution is -2.39. The summed E-state index contributed by atoms with van der Waals surface area (Å²) in [5, 5.41) is 3.30. The lowest BCUT2D eigenvalue weighted by molar-refractivity contribution is -0.145. The third-order valence-electron chi connectivity index (χ3n) is 3.62. The Hall–Kier alpha value is -1.10. The Labute approximate surface area is 95.1 Å². The summed E-state index contributed by atoms with van der Waals surface area (Å²) in [6.45, 7) is 2.76. The van der Waals surface area contributed by atoms with Gasteiger partial charge in [0.1, 0.15) is 6.54 Å². The Morgan fingerprint density at radius 1 is 1.50 bits per heavy atom. The molecule has 2 aliphatic heterocycles. The van der Waals surface area contributed by atoms with Crippen LogP contribution in [-0.4, -0.2) is 50.1 Å². The van der Waals surface area contributed by atoms with Gasteiger partial charge in [0.2, 0.25) is 5.91 Å². The molecule has 0 saturated carbocycles. The van der Waals surface area contributed by atoms with Crippen LogP contribution in [0.15, 0.2) is 0 Å². The summed E-state index contributed by atoms with van der Waals surface area (Å²) in [5.41, 5.74) is 0.107. The number of methoxy groups -OCH3 is 1. The van der Waals surface area contributed by atoms with Gasteiger partial charge in [-0.3, -0.25) is 9.59 Å². The van der Waals surface area contributed by atoms with Crippen molar-refractivity contribution in [1.29, 1.82) is 0 Å². The molecule has 2 heterocycles. The van der Waals surface area contributed by atoms with E-state index in [2.05, 4.69) is 10.1 Å². The molecule has 16 heavy (non-hydrogen) atoms. The molecule has 1 amide bonds. The Bertz CT molecular complexity index is 298. The summed E-state index contributed by atoms with van der Waals surface area (Å²) < 4.78 is 4.59. The standard InChI is InChI=1S/C11H18N2O3/c1-16-10(15)7-13-8-11(6-9(13)14)2-4-12-5-3-11/h12H,2-8H2,1H3. The Morgan fingerprint density at radius 3 is 2.81 bits per heavy atom. The van der Waals surface area contributed by atoms with E-state index in [4.69, 9.17) is 0 Å². The minimum absolute atomic E-state index is 0.0901. The molecule has 0 aromatic carbocycles. The van der Waals surface area contributed by atoms with Gasteiger partial charge in [0.25, 0.3) is 0 Å². The number of piperidine rings is 1. The Kier molecular flexibility index (Phi) is 3.14. The van der Waals surface area contributed by atoms with Gasteiger partial charge in [-0.1, -0.05) is 0 Å². The molecule has 0 unspecified atom stereocenters. The van der Waals surface area contributed by atoms with Crippen molar-refractivity contribution < 1.29 is 14.3 Å². The summed E-state index contributed by atoms with van der Waals surface area (Å²) in [4.78, 5) is 24.6. The molecule has 1 spiro atoms. The zero-order valence-corrected chi connectivity index (χ0v) is 9.62. The quantitative estimate of drug-likeness (QED) is 0.660. The monoisotopic (exact) mass is 226 g/mol. The summed E-state index contributed by atoms with van der Waals surface area (Å²) in [5.74, 6) is -0.244. The van der Waals surface area contributed by atoms with Crippen molar-refractivity contribution in [1.82, 2.24) is 10.2 Å². The first kappa shape index (κ1) is 11.4. The molecule has 1 N–H and O–H groups in total. The maximum Gasteiger partial charge on any atom is 0.325 e.